The van der Waals surface area contributed by atoms with Crippen molar-refractivity contribution in [1.82, 2.24) is 34.2 Å². The number of anilines is 1. The van der Waals surface area contributed by atoms with Gasteiger partial charge < -0.3 is 14.9 Å². The minimum absolute atomic E-state index is 0.161. The molecule has 1 N–H and O–H groups in total. The van der Waals surface area contributed by atoms with Crippen molar-refractivity contribution in [3.63, 3.8) is 0 Å². The number of halogens is 3. The number of hydrogen-bond acceptors (Lipinski definition) is 8. The van der Waals surface area contributed by atoms with Gasteiger partial charge in [-0.1, -0.05) is 0 Å². The number of aryl methyl sites for hydroxylation is 1. The van der Waals surface area contributed by atoms with Crippen LogP contribution < -0.4 is 4.90 Å². The minimum Gasteiger partial charge on any atom is -0.475 e. The predicted molar refractivity (Wildman–Crippen MR) is 151 cm³/mol. The maximum atomic E-state index is 11.9. The zero-order valence-electron chi connectivity index (χ0n) is 23.8. The molecule has 15 heteroatoms. The number of carboxylic acids is 1. The van der Waals surface area contributed by atoms with Gasteiger partial charge in [0.05, 0.1) is 23.5 Å². The lowest BCUT2D eigenvalue weighted by Crippen LogP contribution is -2.47. The molecule has 0 atom stereocenters. The van der Waals surface area contributed by atoms with Crippen molar-refractivity contribution in [1.29, 1.82) is 5.26 Å². The molecule has 4 aromatic heterocycles. The average Bonchev–Trinajstić information content (AvgIpc) is 3.61. The fraction of sp³-hybridized carbons (Fsp3) is 0.357. The van der Waals surface area contributed by atoms with Gasteiger partial charge in [0.1, 0.15) is 11.9 Å². The number of carbonyl (C=O) groups excluding carboxylic acids is 1. The van der Waals surface area contributed by atoms with Crippen molar-refractivity contribution in [3.05, 3.63) is 54.7 Å². The molecule has 0 saturated carbocycles. The van der Waals surface area contributed by atoms with E-state index < -0.39 is 12.1 Å². The molecule has 0 bridgehead atoms. The molecule has 1 aliphatic rings. The molecule has 5 rings (SSSR count). The maximum absolute atomic E-state index is 11.9. The number of piperazine rings is 1. The van der Waals surface area contributed by atoms with Crippen LogP contribution in [0.15, 0.2) is 49.2 Å². The van der Waals surface area contributed by atoms with E-state index in [9.17, 15) is 23.2 Å². The Hall–Kier alpha value is -4.97. The van der Waals surface area contributed by atoms with Gasteiger partial charge >= 0.3 is 12.1 Å². The number of amides is 1. The number of aromatic nitrogens is 5. The van der Waals surface area contributed by atoms with E-state index in [1.54, 1.807) is 34.4 Å². The molecular weight excluding hydrogens is 567 g/mol. The van der Waals surface area contributed by atoms with E-state index in [4.69, 9.17) is 14.9 Å². The fourth-order valence-electron chi connectivity index (χ4n) is 4.56. The maximum Gasteiger partial charge on any atom is 0.490 e. The van der Waals surface area contributed by atoms with E-state index in [2.05, 4.69) is 38.2 Å². The largest absolute Gasteiger partial charge is 0.490 e. The Labute approximate surface area is 245 Å². The Balaban J connectivity index is 0.000000541. The first-order valence-corrected chi connectivity index (χ1v) is 13.2. The second kappa shape index (κ2) is 12.9. The van der Waals surface area contributed by atoms with Crippen LogP contribution in [0.4, 0.5) is 19.0 Å². The monoisotopic (exact) mass is 597 g/mol. The number of hydrogen-bond donors (Lipinski definition) is 1. The Morgan fingerprint density at radius 1 is 1.02 bits per heavy atom. The fourth-order valence-corrected chi connectivity index (χ4v) is 4.56. The van der Waals surface area contributed by atoms with E-state index in [0.29, 0.717) is 12.0 Å². The molecule has 0 unspecified atom stereocenters. The summed E-state index contributed by atoms with van der Waals surface area (Å²) >= 11 is 0. The van der Waals surface area contributed by atoms with E-state index in [1.807, 2.05) is 37.9 Å². The van der Waals surface area contributed by atoms with Crippen LogP contribution in [-0.4, -0.2) is 104 Å². The highest BCUT2D eigenvalue weighted by atomic mass is 19.4. The van der Waals surface area contributed by atoms with Crippen molar-refractivity contribution in [3.8, 4) is 28.3 Å². The Bertz CT molecular complexity index is 1630. The van der Waals surface area contributed by atoms with Crippen molar-refractivity contribution in [2.24, 2.45) is 7.05 Å². The highest BCUT2D eigenvalue weighted by Crippen LogP contribution is 2.32. The number of nitrogens with zero attached hydrogens (tertiary/aromatic N) is 9. The molecule has 12 nitrogen and oxygen atoms in total. The Morgan fingerprint density at radius 2 is 1.72 bits per heavy atom. The van der Waals surface area contributed by atoms with Crippen LogP contribution in [0.1, 0.15) is 12.0 Å². The number of fused-ring (bicyclic) bond motifs is 1. The van der Waals surface area contributed by atoms with Crippen LogP contribution in [0.2, 0.25) is 0 Å². The Kier molecular flexibility index (Phi) is 9.30. The summed E-state index contributed by atoms with van der Waals surface area (Å²) in [4.78, 5) is 31.8. The normalized spacial score (nSPS) is 13.7. The number of pyridine rings is 2. The van der Waals surface area contributed by atoms with Gasteiger partial charge in [-0.3, -0.25) is 14.4 Å². The second-order valence-corrected chi connectivity index (χ2v) is 10.1. The van der Waals surface area contributed by atoms with Gasteiger partial charge in [-0.25, -0.2) is 14.3 Å². The molecule has 5 heterocycles. The molecule has 226 valence electrons. The lowest BCUT2D eigenvalue weighted by molar-refractivity contribution is -0.192. The van der Waals surface area contributed by atoms with Gasteiger partial charge in [0, 0.05) is 101 Å². The molecule has 0 radical (unpaired) electrons. The summed E-state index contributed by atoms with van der Waals surface area (Å²) in [5.74, 6) is -1.67. The molecule has 1 fully saturated rings. The third-order valence-corrected chi connectivity index (χ3v) is 6.91. The van der Waals surface area contributed by atoms with Crippen molar-refractivity contribution >= 4 is 23.2 Å². The lowest BCUT2D eigenvalue weighted by Gasteiger charge is -2.35. The third kappa shape index (κ3) is 7.46. The van der Waals surface area contributed by atoms with Crippen molar-refractivity contribution < 1.29 is 27.9 Å². The first-order valence-electron chi connectivity index (χ1n) is 13.2. The zero-order chi connectivity index (χ0) is 31.3. The first kappa shape index (κ1) is 31.0. The van der Waals surface area contributed by atoms with Gasteiger partial charge in [0.15, 0.2) is 0 Å². The molecule has 0 spiro atoms. The predicted octanol–water partition coefficient (Wildman–Crippen LogP) is 2.90. The summed E-state index contributed by atoms with van der Waals surface area (Å²) in [5, 5.41) is 25.5. The lowest BCUT2D eigenvalue weighted by atomic mass is 10.0. The van der Waals surface area contributed by atoms with Gasteiger partial charge in [-0.05, 0) is 18.2 Å². The second-order valence-electron chi connectivity index (χ2n) is 10.1. The van der Waals surface area contributed by atoms with Gasteiger partial charge in [0.25, 0.3) is 0 Å². The molecule has 43 heavy (non-hydrogen) atoms. The number of rotatable bonds is 6. The smallest absolute Gasteiger partial charge is 0.475 e. The minimum atomic E-state index is -5.08. The summed E-state index contributed by atoms with van der Waals surface area (Å²) in [5.41, 5.74) is 5.05. The van der Waals surface area contributed by atoms with E-state index >= 15 is 0 Å². The summed E-state index contributed by atoms with van der Waals surface area (Å²) in [6.07, 6.45) is 4.62. The number of aliphatic carboxylic acids is 1. The third-order valence-electron chi connectivity index (χ3n) is 6.91. The van der Waals surface area contributed by atoms with E-state index in [0.717, 1.165) is 66.3 Å². The van der Waals surface area contributed by atoms with Crippen molar-refractivity contribution in [2.45, 2.75) is 12.6 Å². The number of carboxylic acid groups (broad SMARTS) is 1. The van der Waals surface area contributed by atoms with Crippen LogP contribution in [0.3, 0.4) is 0 Å². The number of alkyl halides is 3. The molecule has 1 aliphatic heterocycles. The Morgan fingerprint density at radius 3 is 2.26 bits per heavy atom. The van der Waals surface area contributed by atoms with Crippen LogP contribution in [0.25, 0.3) is 27.8 Å². The van der Waals surface area contributed by atoms with Crippen molar-refractivity contribution in [2.75, 3.05) is 51.7 Å². The molecule has 0 aliphatic carbocycles. The summed E-state index contributed by atoms with van der Waals surface area (Å²) in [6.45, 7) is 4.32. The first-order chi connectivity index (χ1) is 20.4. The SMILES string of the molecule is CN(C)C(=O)CCN1CCN(c2ccc(-c3cc(-c4cnn(C)c4)cn4ncc(C#N)c34)cn2)CC1.O=C(O)C(F)(F)F. The quantitative estimate of drug-likeness (QED) is 0.356. The van der Waals surface area contributed by atoms with Crippen LogP contribution in [0.5, 0.6) is 0 Å². The standard InChI is InChI=1S/C26H29N9O.C2HF3O2/c1-31(2)25(36)6-7-33-8-10-34(11-9-33)24-5-4-19(14-28-24)23-12-20(22-16-29-32(3)17-22)18-35-26(23)21(13-27)15-30-35;3-2(4,5)1(6)7/h4-5,12,14-18H,6-11H2,1-3H3;(H,6,7). The molecule has 4 aromatic rings. The van der Waals surface area contributed by atoms with Crippen LogP contribution in [0, 0.1) is 11.3 Å². The topological polar surface area (TPSA) is 136 Å². The van der Waals surface area contributed by atoms with E-state index in [1.165, 1.54) is 0 Å². The summed E-state index contributed by atoms with van der Waals surface area (Å²) in [6, 6.07) is 8.42. The van der Waals surface area contributed by atoms with Crippen LogP contribution in [-0.2, 0) is 16.6 Å². The number of nitriles is 1. The summed E-state index contributed by atoms with van der Waals surface area (Å²) < 4.78 is 35.3. The average molecular weight is 598 g/mol. The van der Waals surface area contributed by atoms with Crippen LogP contribution >= 0.6 is 0 Å². The molecule has 0 aromatic carbocycles. The number of carbonyl (C=O) groups is 2. The molecular formula is C28H30F3N9O3. The zero-order valence-corrected chi connectivity index (χ0v) is 23.8. The van der Waals surface area contributed by atoms with Gasteiger partial charge in [-0.2, -0.15) is 28.6 Å². The van der Waals surface area contributed by atoms with Gasteiger partial charge in [0.2, 0.25) is 5.91 Å². The van der Waals surface area contributed by atoms with E-state index in [-0.39, 0.29) is 5.91 Å². The highest BCUT2D eigenvalue weighted by Gasteiger charge is 2.38. The van der Waals surface area contributed by atoms with Gasteiger partial charge in [-0.15, -0.1) is 0 Å². The summed E-state index contributed by atoms with van der Waals surface area (Å²) in [7, 11) is 5.48. The highest BCUT2D eigenvalue weighted by molar-refractivity contribution is 5.87. The molecule has 1 amide bonds. The molecule has 1 saturated heterocycles.